The first-order valence-electron chi connectivity index (χ1n) is 12.5. The maximum Gasteiger partial charge on any atom is 0.258 e. The number of ether oxygens (including phenoxy) is 1. The topological polar surface area (TPSA) is 180 Å². The van der Waals surface area contributed by atoms with Crippen molar-refractivity contribution in [1.82, 2.24) is 4.98 Å². The van der Waals surface area contributed by atoms with Crippen LogP contribution in [0.25, 0.3) is 28.4 Å². The number of aromatic amines is 1. The lowest BCUT2D eigenvalue weighted by molar-refractivity contribution is 0.370. The predicted octanol–water partition coefficient (Wildman–Crippen LogP) is 0.795. The number of methoxy groups -OCH3 is 1. The highest BCUT2D eigenvalue weighted by Gasteiger charge is 2.53. The molecule has 0 fully saturated rings. The van der Waals surface area contributed by atoms with Crippen LogP contribution >= 0.6 is 0 Å². The van der Waals surface area contributed by atoms with E-state index in [1.54, 1.807) is 36.4 Å². The third-order valence-electron chi connectivity index (χ3n) is 7.95. The van der Waals surface area contributed by atoms with Gasteiger partial charge in [-0.05, 0) is 48.0 Å². The SMILES string of the molecule is C/C=C/C=C/c1cc2cc3c(c(N=O)c2c(=O)[nH]1)C1(CC3)C(O)=c2c(=O)c3c(=O)cc(OC)c(=O)c=3c(=O)c2=C1O. The smallest absolute Gasteiger partial charge is 0.258 e. The molecule has 2 aromatic rings. The van der Waals surface area contributed by atoms with Crippen LogP contribution in [-0.2, 0) is 11.8 Å². The van der Waals surface area contributed by atoms with Gasteiger partial charge >= 0.3 is 0 Å². The fourth-order valence-corrected chi connectivity index (χ4v) is 6.22. The highest BCUT2D eigenvalue weighted by atomic mass is 16.5. The molecule has 1 spiro atoms. The van der Waals surface area contributed by atoms with E-state index in [-0.39, 0.29) is 29.5 Å². The highest BCUT2D eigenvalue weighted by Crippen LogP contribution is 2.54. The van der Waals surface area contributed by atoms with E-state index >= 15 is 0 Å². The van der Waals surface area contributed by atoms with Crippen molar-refractivity contribution < 1.29 is 14.9 Å². The van der Waals surface area contributed by atoms with Gasteiger partial charge in [-0.1, -0.05) is 24.3 Å². The molecular weight excluding hydrogens is 532 g/mol. The Morgan fingerprint density at radius 2 is 1.61 bits per heavy atom. The van der Waals surface area contributed by atoms with E-state index in [9.17, 15) is 39.1 Å². The minimum absolute atomic E-state index is 0.0287. The number of hydrogen-bond donors (Lipinski definition) is 3. The van der Waals surface area contributed by atoms with E-state index in [4.69, 9.17) is 4.74 Å². The number of nitrogens with zero attached hydrogens (tertiary/aromatic N) is 1. The van der Waals surface area contributed by atoms with Gasteiger partial charge in [-0.15, -0.1) is 4.91 Å². The number of fused-ring (bicyclic) bond motifs is 4. The summed E-state index contributed by atoms with van der Waals surface area (Å²) < 4.78 is 4.89. The molecule has 1 heterocycles. The van der Waals surface area contributed by atoms with Crippen LogP contribution in [0.4, 0.5) is 5.69 Å². The molecule has 0 saturated heterocycles. The van der Waals surface area contributed by atoms with Crippen molar-refractivity contribution in [2.24, 2.45) is 5.18 Å². The fraction of sp³-hybridized carbons (Fsp3) is 0.167. The molecule has 0 radical (unpaired) electrons. The first-order valence-corrected chi connectivity index (χ1v) is 12.5. The van der Waals surface area contributed by atoms with Crippen LogP contribution in [0.1, 0.15) is 30.2 Å². The van der Waals surface area contributed by atoms with Gasteiger partial charge in [0.05, 0.1) is 33.4 Å². The Kier molecular flexibility index (Phi) is 5.53. The van der Waals surface area contributed by atoms with Crippen molar-refractivity contribution in [3.63, 3.8) is 0 Å². The summed E-state index contributed by atoms with van der Waals surface area (Å²) >= 11 is 0. The standard InChI is InChI=1S/C30H20N2O9/c1-3-4-5-6-14-10-13-9-12-7-8-30(22(12)23(32-40)17(13)29(39)31-14)27(37)20-21(28(30)38)26(36)19-18(25(20)35)15(33)11-16(41-2)24(19)34/h3-6,9-11,37-38H,7-8H2,1-2H3,(H,31,39)/b4-3+,6-5+. The van der Waals surface area contributed by atoms with Crippen LogP contribution in [0.5, 0.6) is 5.75 Å². The molecule has 41 heavy (non-hydrogen) atoms. The molecule has 1 aromatic carbocycles. The zero-order valence-corrected chi connectivity index (χ0v) is 21.7. The van der Waals surface area contributed by atoms with E-state index < -0.39 is 70.8 Å². The largest absolute Gasteiger partial charge is 0.510 e. The summed E-state index contributed by atoms with van der Waals surface area (Å²) in [4.78, 5) is 81.0. The number of nitrogens with one attached hydrogen (secondary N) is 1. The lowest BCUT2D eigenvalue weighted by Crippen LogP contribution is -2.51. The first kappa shape index (κ1) is 25.8. The van der Waals surface area contributed by atoms with Gasteiger partial charge in [0.15, 0.2) is 11.2 Å². The Labute approximate surface area is 227 Å². The van der Waals surface area contributed by atoms with Crippen LogP contribution in [0.3, 0.4) is 0 Å². The van der Waals surface area contributed by atoms with Crippen molar-refractivity contribution in [1.29, 1.82) is 0 Å². The van der Waals surface area contributed by atoms with Gasteiger partial charge in [0, 0.05) is 17.3 Å². The summed E-state index contributed by atoms with van der Waals surface area (Å²) in [7, 11) is 1.12. The van der Waals surface area contributed by atoms with Gasteiger partial charge in [-0.3, -0.25) is 24.0 Å². The number of rotatable bonds is 4. The number of allylic oxidation sites excluding steroid dienone is 3. The number of nitroso groups, excluding NO2 is 1. The lowest BCUT2D eigenvalue weighted by atomic mass is 9.78. The van der Waals surface area contributed by atoms with E-state index in [2.05, 4.69) is 10.2 Å². The average Bonchev–Trinajstić information content (AvgIpc) is 3.43. The summed E-state index contributed by atoms with van der Waals surface area (Å²) in [5, 5.41) is 23.7. The molecule has 4 aliphatic carbocycles. The van der Waals surface area contributed by atoms with Crippen LogP contribution in [0.15, 0.2) is 65.6 Å². The lowest BCUT2D eigenvalue weighted by Gasteiger charge is -2.27. The monoisotopic (exact) mass is 552 g/mol. The molecular formula is C30H20N2O9. The summed E-state index contributed by atoms with van der Waals surface area (Å²) in [5.74, 6) is -1.99. The molecule has 3 N–H and O–H groups in total. The fourth-order valence-electron chi connectivity index (χ4n) is 6.22. The molecule has 0 saturated carbocycles. The molecule has 11 heteroatoms. The molecule has 204 valence electrons. The van der Waals surface area contributed by atoms with Crippen molar-refractivity contribution >= 4 is 34.1 Å². The Morgan fingerprint density at radius 1 is 0.927 bits per heavy atom. The number of H-pyrrole nitrogens is 1. The van der Waals surface area contributed by atoms with E-state index in [1.165, 1.54) is 0 Å². The number of aryl methyl sites for hydroxylation is 1. The molecule has 0 aliphatic heterocycles. The Hall–Kier alpha value is -5.45. The predicted molar refractivity (Wildman–Crippen MR) is 151 cm³/mol. The van der Waals surface area contributed by atoms with Gasteiger partial charge in [-0.25, -0.2) is 0 Å². The number of aliphatic hydroxyl groups excluding tert-OH is 2. The Bertz CT molecular complexity index is 2410. The molecule has 0 bridgehead atoms. The number of aliphatic hydroxyl groups is 2. The Morgan fingerprint density at radius 3 is 2.24 bits per heavy atom. The molecule has 11 nitrogen and oxygen atoms in total. The maximum atomic E-state index is 13.6. The summed E-state index contributed by atoms with van der Waals surface area (Å²) in [6.45, 7) is 1.83. The Balaban J connectivity index is 1.77. The number of aromatic nitrogens is 1. The van der Waals surface area contributed by atoms with Crippen molar-refractivity contribution in [2.45, 2.75) is 25.2 Å². The summed E-state index contributed by atoms with van der Waals surface area (Å²) in [6, 6.07) is 4.05. The van der Waals surface area contributed by atoms with Gasteiger partial charge in [0.25, 0.3) is 5.56 Å². The normalized spacial score (nSPS) is 17.9. The van der Waals surface area contributed by atoms with Crippen molar-refractivity contribution in [3.8, 4) is 5.75 Å². The summed E-state index contributed by atoms with van der Waals surface area (Å²) in [5.41, 5.74) is -6.36. The molecule has 1 unspecified atom stereocenters. The quantitative estimate of drug-likeness (QED) is 0.244. The minimum Gasteiger partial charge on any atom is -0.510 e. The second-order valence-corrected chi connectivity index (χ2v) is 9.92. The highest BCUT2D eigenvalue weighted by molar-refractivity contribution is 5.99. The molecule has 4 aliphatic rings. The number of benzene rings is 1. The third kappa shape index (κ3) is 3.16. The van der Waals surface area contributed by atoms with Crippen LogP contribution < -0.4 is 42.4 Å². The molecule has 0 amide bonds. The van der Waals surface area contributed by atoms with E-state index in [0.29, 0.717) is 16.6 Å². The summed E-state index contributed by atoms with van der Waals surface area (Å²) in [6.07, 6.45) is 7.03. The van der Waals surface area contributed by atoms with E-state index in [1.807, 2.05) is 6.92 Å². The number of pyridine rings is 1. The van der Waals surface area contributed by atoms with E-state index in [0.717, 1.165) is 13.2 Å². The van der Waals surface area contributed by atoms with Crippen molar-refractivity contribution in [2.75, 3.05) is 7.11 Å². The van der Waals surface area contributed by atoms with Crippen LogP contribution in [0, 0.1) is 15.3 Å². The van der Waals surface area contributed by atoms with Crippen LogP contribution in [-0.4, -0.2) is 22.3 Å². The van der Waals surface area contributed by atoms with Crippen LogP contribution in [0.2, 0.25) is 0 Å². The van der Waals surface area contributed by atoms with Crippen molar-refractivity contribution in [3.05, 3.63) is 130 Å². The zero-order valence-electron chi connectivity index (χ0n) is 21.7. The second kappa shape index (κ2) is 8.78. The first-order chi connectivity index (χ1) is 19.6. The average molecular weight is 552 g/mol. The zero-order chi connectivity index (χ0) is 29.4. The van der Waals surface area contributed by atoms with Gasteiger partial charge < -0.3 is 19.9 Å². The van der Waals surface area contributed by atoms with Gasteiger partial charge in [0.1, 0.15) is 22.6 Å². The molecule has 1 aromatic heterocycles. The van der Waals surface area contributed by atoms with Gasteiger partial charge in [-0.2, -0.15) is 0 Å². The molecule has 1 atom stereocenters. The minimum atomic E-state index is -1.97. The maximum absolute atomic E-state index is 13.6. The van der Waals surface area contributed by atoms with Gasteiger partial charge in [0.2, 0.25) is 16.3 Å². The molecule has 6 rings (SSSR count). The third-order valence-corrected chi connectivity index (χ3v) is 7.95. The number of hydrogen-bond acceptors (Lipinski definition) is 10. The second-order valence-electron chi connectivity index (χ2n) is 9.92.